The van der Waals surface area contributed by atoms with Gasteiger partial charge in [-0.2, -0.15) is 0 Å². The SMILES string of the molecule is O=C1c2ccccc2C(=O)N1CCOCCOCCSSCCOCCOCCN1C(=O)c2ccccc2C1=O. The molecule has 2 aromatic carbocycles. The van der Waals surface area contributed by atoms with Crippen molar-refractivity contribution in [3.63, 3.8) is 0 Å². The van der Waals surface area contributed by atoms with Crippen LogP contribution >= 0.6 is 21.6 Å². The van der Waals surface area contributed by atoms with Gasteiger partial charge in [-0.25, -0.2) is 0 Å². The van der Waals surface area contributed by atoms with Gasteiger partial charge in [0.2, 0.25) is 0 Å². The van der Waals surface area contributed by atoms with E-state index in [0.29, 0.717) is 61.9 Å². The molecule has 0 N–H and O–H groups in total. The number of hydrogen-bond acceptors (Lipinski definition) is 10. The van der Waals surface area contributed by atoms with Gasteiger partial charge < -0.3 is 18.9 Å². The Labute approximate surface area is 241 Å². The Morgan fingerprint density at radius 3 is 1.07 bits per heavy atom. The highest BCUT2D eigenvalue weighted by Gasteiger charge is 2.35. The van der Waals surface area contributed by atoms with Crippen LogP contribution in [0.25, 0.3) is 0 Å². The van der Waals surface area contributed by atoms with Crippen molar-refractivity contribution in [1.82, 2.24) is 9.80 Å². The number of carbonyl (C=O) groups is 4. The summed E-state index contributed by atoms with van der Waals surface area (Å²) in [5.74, 6) is 0.579. The van der Waals surface area contributed by atoms with Gasteiger partial charge in [-0.15, -0.1) is 0 Å². The lowest BCUT2D eigenvalue weighted by molar-refractivity contribution is 0.0383. The van der Waals surface area contributed by atoms with Crippen molar-refractivity contribution in [1.29, 1.82) is 0 Å². The fourth-order valence-corrected chi connectivity index (χ4v) is 5.87. The molecule has 10 nitrogen and oxygen atoms in total. The Morgan fingerprint density at radius 2 is 0.750 bits per heavy atom. The van der Waals surface area contributed by atoms with Gasteiger partial charge in [-0.1, -0.05) is 45.9 Å². The van der Waals surface area contributed by atoms with Crippen LogP contribution in [0.5, 0.6) is 0 Å². The van der Waals surface area contributed by atoms with Gasteiger partial charge in [0, 0.05) is 11.5 Å². The lowest BCUT2D eigenvalue weighted by atomic mass is 10.1. The number of imide groups is 2. The third kappa shape index (κ3) is 7.93. The molecule has 12 heteroatoms. The highest BCUT2D eigenvalue weighted by Crippen LogP contribution is 2.23. The molecular weight excluding hydrogens is 556 g/mol. The summed E-state index contributed by atoms with van der Waals surface area (Å²) in [6, 6.07) is 13.6. The minimum absolute atomic E-state index is 0.225. The largest absolute Gasteiger partial charge is 0.378 e. The molecule has 0 atom stereocenters. The molecule has 4 amide bonds. The van der Waals surface area contributed by atoms with Crippen LogP contribution in [0.4, 0.5) is 0 Å². The van der Waals surface area contributed by atoms with Gasteiger partial charge in [0.05, 0.1) is 88.2 Å². The molecule has 0 bridgehead atoms. The van der Waals surface area contributed by atoms with Crippen LogP contribution in [0.3, 0.4) is 0 Å². The first-order chi connectivity index (χ1) is 19.6. The summed E-state index contributed by atoms with van der Waals surface area (Å²) in [5.41, 5.74) is 1.78. The number of fused-ring (bicyclic) bond motifs is 2. The summed E-state index contributed by atoms with van der Waals surface area (Å²) in [4.78, 5) is 51.6. The number of nitrogens with zero attached hydrogens (tertiary/aromatic N) is 2. The number of ether oxygens (including phenoxy) is 4. The minimum Gasteiger partial charge on any atom is -0.378 e. The summed E-state index contributed by atoms with van der Waals surface area (Å²) in [6.45, 7) is 3.89. The molecule has 0 saturated carbocycles. The predicted molar refractivity (Wildman–Crippen MR) is 152 cm³/mol. The first-order valence-corrected chi connectivity index (χ1v) is 15.5. The van der Waals surface area contributed by atoms with Crippen molar-refractivity contribution in [2.24, 2.45) is 0 Å². The lowest BCUT2D eigenvalue weighted by Crippen LogP contribution is -2.33. The van der Waals surface area contributed by atoms with Crippen LogP contribution < -0.4 is 0 Å². The molecule has 4 rings (SSSR count). The molecule has 2 aliphatic heterocycles. The van der Waals surface area contributed by atoms with Gasteiger partial charge in [0.25, 0.3) is 23.6 Å². The first-order valence-electron chi connectivity index (χ1n) is 13.1. The maximum atomic E-state index is 12.3. The minimum atomic E-state index is -0.272. The van der Waals surface area contributed by atoms with Crippen molar-refractivity contribution in [3.8, 4) is 0 Å². The number of hydrogen-bond donors (Lipinski definition) is 0. The Morgan fingerprint density at radius 1 is 0.450 bits per heavy atom. The third-order valence-electron chi connectivity index (χ3n) is 6.12. The number of amides is 4. The van der Waals surface area contributed by atoms with Crippen molar-refractivity contribution in [2.45, 2.75) is 0 Å². The second-order valence-corrected chi connectivity index (χ2v) is 11.4. The molecule has 0 aromatic heterocycles. The zero-order valence-corrected chi connectivity index (χ0v) is 23.7. The summed E-state index contributed by atoms with van der Waals surface area (Å²) in [7, 11) is 3.41. The Hall–Kier alpha value is -2.74. The number of carbonyl (C=O) groups excluding carboxylic acids is 4. The molecule has 0 unspecified atom stereocenters. The van der Waals surface area contributed by atoms with Gasteiger partial charge in [0.1, 0.15) is 0 Å². The Balaban J connectivity index is 0.891. The van der Waals surface area contributed by atoms with Crippen molar-refractivity contribution >= 4 is 45.2 Å². The molecule has 2 heterocycles. The summed E-state index contributed by atoms with van der Waals surface area (Å²) in [6.07, 6.45) is 0. The van der Waals surface area contributed by atoms with Crippen molar-refractivity contribution in [3.05, 3.63) is 70.8 Å². The fraction of sp³-hybridized carbons (Fsp3) is 0.429. The molecule has 0 spiro atoms. The monoisotopic (exact) mass is 588 g/mol. The third-order valence-corrected chi connectivity index (χ3v) is 8.46. The second kappa shape index (κ2) is 15.9. The average molecular weight is 589 g/mol. The zero-order chi connectivity index (χ0) is 28.2. The maximum absolute atomic E-state index is 12.3. The predicted octanol–water partition coefficient (Wildman–Crippen LogP) is 3.03. The van der Waals surface area contributed by atoms with Crippen LogP contribution in [-0.4, -0.2) is 111 Å². The lowest BCUT2D eigenvalue weighted by Gasteiger charge is -2.14. The highest BCUT2D eigenvalue weighted by molar-refractivity contribution is 8.76. The molecule has 0 aliphatic carbocycles. The molecule has 0 fully saturated rings. The van der Waals surface area contributed by atoms with Gasteiger partial charge in [-0.3, -0.25) is 29.0 Å². The van der Waals surface area contributed by atoms with E-state index in [2.05, 4.69) is 0 Å². The van der Waals surface area contributed by atoms with E-state index in [9.17, 15) is 19.2 Å². The number of benzene rings is 2. The van der Waals surface area contributed by atoms with E-state index in [4.69, 9.17) is 18.9 Å². The molecular formula is C28H32N2O8S2. The quantitative estimate of drug-likeness (QED) is 0.138. The van der Waals surface area contributed by atoms with Crippen LogP contribution in [-0.2, 0) is 18.9 Å². The number of rotatable bonds is 19. The molecule has 2 aromatic rings. The van der Waals surface area contributed by atoms with E-state index >= 15 is 0 Å². The van der Waals surface area contributed by atoms with Gasteiger partial charge in [0.15, 0.2) is 0 Å². The Kier molecular flexibility index (Phi) is 12.0. The summed E-state index contributed by atoms with van der Waals surface area (Å²) >= 11 is 0. The zero-order valence-electron chi connectivity index (χ0n) is 22.1. The van der Waals surface area contributed by atoms with E-state index in [1.165, 1.54) is 9.80 Å². The smallest absolute Gasteiger partial charge is 0.261 e. The van der Waals surface area contributed by atoms with E-state index in [1.54, 1.807) is 70.1 Å². The van der Waals surface area contributed by atoms with Crippen LogP contribution in [0.15, 0.2) is 48.5 Å². The van der Waals surface area contributed by atoms with E-state index in [-0.39, 0.29) is 49.9 Å². The summed E-state index contributed by atoms with van der Waals surface area (Å²) < 4.78 is 22.1. The maximum Gasteiger partial charge on any atom is 0.261 e. The van der Waals surface area contributed by atoms with E-state index < -0.39 is 0 Å². The fourth-order valence-electron chi connectivity index (χ4n) is 4.14. The standard InChI is InChI=1S/C28H32N2O8S2/c31-25-21-5-1-2-6-22(21)26(32)29(25)9-11-35-13-15-37-17-19-39-40-20-18-38-16-14-36-12-10-30-27(33)23-7-3-4-8-24(23)28(30)34/h1-8H,9-20H2. The van der Waals surface area contributed by atoms with Crippen LogP contribution in [0.2, 0.25) is 0 Å². The van der Waals surface area contributed by atoms with Crippen molar-refractivity contribution < 1.29 is 38.1 Å². The Bertz CT molecular complexity index is 1030. The second-order valence-electron chi connectivity index (χ2n) is 8.71. The highest BCUT2D eigenvalue weighted by atomic mass is 33.1. The molecule has 2 aliphatic rings. The molecule has 0 radical (unpaired) electrons. The van der Waals surface area contributed by atoms with E-state index in [0.717, 1.165) is 11.5 Å². The van der Waals surface area contributed by atoms with Gasteiger partial charge in [-0.05, 0) is 24.3 Å². The van der Waals surface area contributed by atoms with Crippen LogP contribution in [0, 0.1) is 0 Å². The van der Waals surface area contributed by atoms with E-state index in [1.807, 2.05) is 0 Å². The van der Waals surface area contributed by atoms with Crippen molar-refractivity contribution in [2.75, 3.05) is 77.5 Å². The normalized spacial score (nSPS) is 14.4. The van der Waals surface area contributed by atoms with Gasteiger partial charge >= 0.3 is 0 Å². The topological polar surface area (TPSA) is 112 Å². The van der Waals surface area contributed by atoms with Crippen LogP contribution in [0.1, 0.15) is 41.4 Å². The average Bonchev–Trinajstić information content (AvgIpc) is 3.36. The molecule has 0 saturated heterocycles. The summed E-state index contributed by atoms with van der Waals surface area (Å²) in [5, 5.41) is 0. The first kappa shape index (κ1) is 30.2. The molecule has 40 heavy (non-hydrogen) atoms. The molecule has 214 valence electrons.